The van der Waals surface area contributed by atoms with Crippen LogP contribution in [0.1, 0.15) is 18.4 Å². The third-order valence-corrected chi connectivity index (χ3v) is 7.35. The van der Waals surface area contributed by atoms with Crippen LogP contribution in [0.4, 0.5) is 11.4 Å². The van der Waals surface area contributed by atoms with Gasteiger partial charge >= 0.3 is 0 Å². The van der Waals surface area contributed by atoms with Crippen molar-refractivity contribution < 1.29 is 17.9 Å². The van der Waals surface area contributed by atoms with E-state index in [1.165, 1.54) is 4.31 Å². The van der Waals surface area contributed by atoms with Gasteiger partial charge in [-0.1, -0.05) is 0 Å². The van der Waals surface area contributed by atoms with Crippen molar-refractivity contribution in [1.29, 1.82) is 0 Å². The van der Waals surface area contributed by atoms with E-state index in [0.717, 1.165) is 17.0 Å². The molecule has 0 unspecified atom stereocenters. The van der Waals surface area contributed by atoms with Gasteiger partial charge in [0.15, 0.2) is 0 Å². The molecule has 2 aromatic carbocycles. The lowest BCUT2D eigenvalue weighted by Crippen LogP contribution is -2.48. The number of hydrogen-bond acceptors (Lipinski definition) is 5. The number of nitrogens with one attached hydrogen (secondary N) is 1. The molecule has 0 saturated carbocycles. The molecule has 28 heavy (non-hydrogen) atoms. The molecule has 2 heterocycles. The van der Waals surface area contributed by atoms with E-state index in [4.69, 9.17) is 4.74 Å². The Morgan fingerprint density at radius 1 is 1.04 bits per heavy atom. The average Bonchev–Trinajstić information content (AvgIpc) is 3.01. The molecule has 7 nitrogen and oxygen atoms in total. The minimum absolute atomic E-state index is 0.0994. The number of ether oxygens (including phenoxy) is 1. The van der Waals surface area contributed by atoms with Crippen LogP contribution >= 0.6 is 0 Å². The first kappa shape index (κ1) is 18.8. The number of piperazine rings is 1. The van der Waals surface area contributed by atoms with E-state index >= 15 is 0 Å². The summed E-state index contributed by atoms with van der Waals surface area (Å²) in [6, 6.07) is 12.6. The number of sulfonamides is 1. The quantitative estimate of drug-likeness (QED) is 0.850. The van der Waals surface area contributed by atoms with E-state index in [9.17, 15) is 13.2 Å². The Morgan fingerprint density at radius 3 is 2.36 bits per heavy atom. The molecular weight excluding hydrogens is 378 g/mol. The fourth-order valence-electron chi connectivity index (χ4n) is 3.68. The number of rotatable bonds is 4. The minimum Gasteiger partial charge on any atom is -0.497 e. The van der Waals surface area contributed by atoms with Crippen molar-refractivity contribution in [3.05, 3.63) is 48.0 Å². The zero-order valence-corrected chi connectivity index (χ0v) is 16.7. The molecule has 0 aromatic heterocycles. The summed E-state index contributed by atoms with van der Waals surface area (Å²) in [4.78, 5) is 14.2. The number of carbonyl (C=O) groups is 1. The third-order valence-electron chi connectivity index (χ3n) is 5.45. The van der Waals surface area contributed by atoms with Crippen molar-refractivity contribution in [2.45, 2.75) is 17.7 Å². The van der Waals surface area contributed by atoms with Crippen LogP contribution < -0.4 is 15.0 Å². The van der Waals surface area contributed by atoms with Gasteiger partial charge in [0.1, 0.15) is 5.75 Å². The summed E-state index contributed by atoms with van der Waals surface area (Å²) in [5.74, 6) is 0.360. The van der Waals surface area contributed by atoms with Crippen molar-refractivity contribution in [3.63, 3.8) is 0 Å². The van der Waals surface area contributed by atoms with Gasteiger partial charge in [0.2, 0.25) is 15.9 Å². The summed E-state index contributed by atoms with van der Waals surface area (Å²) in [5.41, 5.74) is 2.48. The van der Waals surface area contributed by atoms with E-state index in [1.807, 2.05) is 24.3 Å². The van der Waals surface area contributed by atoms with Gasteiger partial charge in [0, 0.05) is 37.6 Å². The average molecular weight is 401 g/mol. The zero-order valence-electron chi connectivity index (χ0n) is 15.9. The van der Waals surface area contributed by atoms with E-state index in [-0.39, 0.29) is 16.7 Å². The number of carbonyl (C=O) groups excluding carboxylic acids is 1. The highest BCUT2D eigenvalue weighted by molar-refractivity contribution is 7.89. The molecule has 1 amide bonds. The van der Waals surface area contributed by atoms with E-state index in [1.54, 1.807) is 32.2 Å². The molecule has 2 aliphatic heterocycles. The summed E-state index contributed by atoms with van der Waals surface area (Å²) in [6.07, 6.45) is 0. The normalized spacial score (nSPS) is 20.0. The number of benzene rings is 2. The number of methoxy groups -OCH3 is 1. The largest absolute Gasteiger partial charge is 0.497 e. The number of amides is 1. The SMILES string of the molecule is COc1ccc(N2CCN(S(=O)(=O)c3ccc4c(c3)[C@H](C)C(=O)N4)CC2)cc1. The molecule has 0 bridgehead atoms. The predicted octanol–water partition coefficient (Wildman–Crippen LogP) is 2.26. The molecule has 1 atom stereocenters. The molecule has 2 aliphatic rings. The van der Waals surface area contributed by atoms with Crippen LogP contribution in [0.5, 0.6) is 5.75 Å². The monoisotopic (exact) mass is 401 g/mol. The summed E-state index contributed by atoms with van der Waals surface area (Å²) in [5, 5.41) is 2.77. The summed E-state index contributed by atoms with van der Waals surface area (Å²) < 4.78 is 32.9. The second kappa shape index (κ2) is 7.10. The fraction of sp³-hybridized carbons (Fsp3) is 0.350. The molecule has 0 spiro atoms. The molecular formula is C20H23N3O4S. The van der Waals surface area contributed by atoms with Gasteiger partial charge < -0.3 is 15.0 Å². The smallest absolute Gasteiger partial charge is 0.243 e. The first-order valence-electron chi connectivity index (χ1n) is 9.24. The maximum atomic E-state index is 13.1. The van der Waals surface area contributed by atoms with Crippen LogP contribution in [0, 0.1) is 0 Å². The van der Waals surface area contributed by atoms with Gasteiger partial charge in [-0.05, 0) is 55.0 Å². The standard InChI is InChI=1S/C20H23N3O4S/c1-14-18-13-17(7-8-19(18)21-20(14)24)28(25,26)23-11-9-22(10-12-23)15-3-5-16(27-2)6-4-15/h3-8,13-14H,9-12H2,1-2H3,(H,21,24)/t14-/m0/s1. The van der Waals surface area contributed by atoms with Gasteiger partial charge in [-0.15, -0.1) is 0 Å². The minimum atomic E-state index is -3.59. The third kappa shape index (κ3) is 3.22. The summed E-state index contributed by atoms with van der Waals surface area (Å²) in [7, 11) is -1.96. The Balaban J connectivity index is 1.49. The van der Waals surface area contributed by atoms with Gasteiger partial charge in [0.25, 0.3) is 0 Å². The fourth-order valence-corrected chi connectivity index (χ4v) is 5.14. The van der Waals surface area contributed by atoms with Crippen LogP contribution in [-0.4, -0.2) is 51.9 Å². The van der Waals surface area contributed by atoms with E-state index in [2.05, 4.69) is 10.2 Å². The Labute approximate surface area is 165 Å². The highest BCUT2D eigenvalue weighted by Gasteiger charge is 2.32. The molecule has 4 rings (SSSR count). The maximum Gasteiger partial charge on any atom is 0.243 e. The van der Waals surface area contributed by atoms with Crippen molar-refractivity contribution >= 4 is 27.3 Å². The molecule has 148 valence electrons. The summed E-state index contributed by atoms with van der Waals surface area (Å²) in [6.45, 7) is 3.85. The molecule has 0 aliphatic carbocycles. The van der Waals surface area contributed by atoms with Crippen LogP contribution in [0.15, 0.2) is 47.4 Å². The van der Waals surface area contributed by atoms with Crippen molar-refractivity contribution in [2.75, 3.05) is 43.5 Å². The number of hydrogen-bond donors (Lipinski definition) is 1. The summed E-state index contributed by atoms with van der Waals surface area (Å²) >= 11 is 0. The topological polar surface area (TPSA) is 79.0 Å². The van der Waals surface area contributed by atoms with Crippen molar-refractivity contribution in [1.82, 2.24) is 4.31 Å². The number of anilines is 2. The number of fused-ring (bicyclic) bond motifs is 1. The van der Waals surface area contributed by atoms with Crippen molar-refractivity contribution in [2.24, 2.45) is 0 Å². The first-order valence-corrected chi connectivity index (χ1v) is 10.7. The molecule has 8 heteroatoms. The van der Waals surface area contributed by atoms with Crippen LogP contribution in [-0.2, 0) is 14.8 Å². The molecule has 0 radical (unpaired) electrons. The Morgan fingerprint density at radius 2 is 1.71 bits per heavy atom. The van der Waals surface area contributed by atoms with E-state index in [0.29, 0.717) is 31.9 Å². The first-order chi connectivity index (χ1) is 13.4. The molecule has 1 fully saturated rings. The highest BCUT2D eigenvalue weighted by atomic mass is 32.2. The second-order valence-corrected chi connectivity index (χ2v) is 8.99. The molecule has 1 N–H and O–H groups in total. The lowest BCUT2D eigenvalue weighted by atomic mass is 10.0. The van der Waals surface area contributed by atoms with Crippen LogP contribution in [0.2, 0.25) is 0 Å². The Hall–Kier alpha value is -2.58. The molecule has 2 aromatic rings. The van der Waals surface area contributed by atoms with Crippen molar-refractivity contribution in [3.8, 4) is 5.75 Å². The van der Waals surface area contributed by atoms with Crippen LogP contribution in [0.3, 0.4) is 0 Å². The molecule has 1 saturated heterocycles. The lowest BCUT2D eigenvalue weighted by Gasteiger charge is -2.35. The predicted molar refractivity (Wildman–Crippen MR) is 107 cm³/mol. The second-order valence-electron chi connectivity index (χ2n) is 7.05. The van der Waals surface area contributed by atoms with Gasteiger partial charge in [-0.2, -0.15) is 4.31 Å². The van der Waals surface area contributed by atoms with Gasteiger partial charge in [0.05, 0.1) is 17.9 Å². The van der Waals surface area contributed by atoms with Gasteiger partial charge in [-0.3, -0.25) is 4.79 Å². The maximum absolute atomic E-state index is 13.1. The lowest BCUT2D eigenvalue weighted by molar-refractivity contribution is -0.116. The number of nitrogens with zero attached hydrogens (tertiary/aromatic N) is 2. The zero-order chi connectivity index (χ0) is 19.9. The van der Waals surface area contributed by atoms with Crippen LogP contribution in [0.25, 0.3) is 0 Å². The highest BCUT2D eigenvalue weighted by Crippen LogP contribution is 2.34. The Kier molecular flexibility index (Phi) is 4.76. The van der Waals surface area contributed by atoms with E-state index < -0.39 is 10.0 Å². The van der Waals surface area contributed by atoms with Gasteiger partial charge in [-0.25, -0.2) is 8.42 Å². The Bertz CT molecular complexity index is 997.